The van der Waals surface area contributed by atoms with Gasteiger partial charge in [0.2, 0.25) is 0 Å². The van der Waals surface area contributed by atoms with Gasteiger partial charge in [0.05, 0.1) is 5.69 Å². The third-order valence-electron chi connectivity index (χ3n) is 4.87. The number of aromatic amines is 1. The highest BCUT2D eigenvalue weighted by molar-refractivity contribution is 7.71. The molecule has 0 radical (unpaired) electrons. The molecule has 0 unspecified atom stereocenters. The van der Waals surface area contributed by atoms with E-state index in [-0.39, 0.29) is 11.0 Å². The zero-order valence-corrected chi connectivity index (χ0v) is 14.7. The summed E-state index contributed by atoms with van der Waals surface area (Å²) < 4.78 is 2.10. The van der Waals surface area contributed by atoms with Gasteiger partial charge in [-0.25, -0.2) is 0 Å². The zero-order chi connectivity index (χ0) is 16.8. The third-order valence-corrected chi connectivity index (χ3v) is 5.19. The second-order valence-electron chi connectivity index (χ2n) is 6.78. The normalized spacial score (nSPS) is 19.1. The first-order valence-corrected chi connectivity index (χ1v) is 8.38. The Morgan fingerprint density at radius 2 is 2.13 bits per heavy atom. The molecule has 0 amide bonds. The highest BCUT2D eigenvalue weighted by Gasteiger charge is 2.37. The molecule has 23 heavy (non-hydrogen) atoms. The number of hydrogen-bond acceptors (Lipinski definition) is 2. The monoisotopic (exact) mass is 326 g/mol. The average Bonchev–Trinajstić information content (AvgIpc) is 2.50. The zero-order valence-electron chi connectivity index (χ0n) is 13.9. The van der Waals surface area contributed by atoms with E-state index < -0.39 is 0 Å². The molecule has 3 rings (SSSR count). The summed E-state index contributed by atoms with van der Waals surface area (Å²) in [5.41, 5.74) is 4.87. The van der Waals surface area contributed by atoms with Gasteiger partial charge < -0.3 is 4.98 Å². The molecule has 0 bridgehead atoms. The molecule has 1 aromatic heterocycles. The molecule has 1 atom stereocenters. The van der Waals surface area contributed by atoms with Crippen molar-refractivity contribution in [2.45, 2.75) is 45.6 Å². The van der Waals surface area contributed by atoms with Gasteiger partial charge in [-0.3, -0.25) is 9.36 Å². The van der Waals surface area contributed by atoms with Gasteiger partial charge in [-0.05, 0) is 37.5 Å². The minimum atomic E-state index is -0.183. The Bertz CT molecular complexity index is 906. The molecule has 3 nitrogen and oxygen atoms in total. The van der Waals surface area contributed by atoms with Gasteiger partial charge in [-0.2, -0.15) is 0 Å². The summed E-state index contributed by atoms with van der Waals surface area (Å²) in [6.45, 7) is 10.6. The minimum Gasteiger partial charge on any atom is -0.331 e. The van der Waals surface area contributed by atoms with Crippen molar-refractivity contribution >= 4 is 12.2 Å². The second-order valence-corrected chi connectivity index (χ2v) is 7.16. The van der Waals surface area contributed by atoms with Gasteiger partial charge >= 0.3 is 0 Å². The Kier molecular flexibility index (Phi) is 3.88. The molecule has 1 heterocycles. The molecule has 2 aromatic rings. The van der Waals surface area contributed by atoms with Crippen LogP contribution in [0, 0.1) is 4.77 Å². The van der Waals surface area contributed by atoms with Crippen molar-refractivity contribution in [1.29, 1.82) is 0 Å². The quantitative estimate of drug-likeness (QED) is 0.672. The first-order valence-electron chi connectivity index (χ1n) is 7.97. The number of rotatable bonds is 3. The predicted molar refractivity (Wildman–Crippen MR) is 97.5 cm³/mol. The van der Waals surface area contributed by atoms with Crippen molar-refractivity contribution in [2.75, 3.05) is 0 Å². The Morgan fingerprint density at radius 3 is 2.78 bits per heavy atom. The van der Waals surface area contributed by atoms with Crippen LogP contribution in [-0.2, 0) is 18.4 Å². The molecule has 1 aliphatic rings. The van der Waals surface area contributed by atoms with E-state index in [4.69, 9.17) is 12.2 Å². The van der Waals surface area contributed by atoms with Crippen LogP contribution in [0.5, 0.6) is 0 Å². The molecule has 120 valence electrons. The predicted octanol–water partition coefficient (Wildman–Crippen LogP) is 4.37. The maximum atomic E-state index is 13.2. The van der Waals surface area contributed by atoms with Gasteiger partial charge in [0.15, 0.2) is 4.77 Å². The lowest BCUT2D eigenvalue weighted by Gasteiger charge is -2.35. The number of nitrogens with one attached hydrogen (secondary N) is 1. The Balaban J connectivity index is 2.39. The summed E-state index contributed by atoms with van der Waals surface area (Å²) in [5.74, 6) is 0. The maximum Gasteiger partial charge on any atom is 0.258 e. The second kappa shape index (κ2) is 5.60. The first-order chi connectivity index (χ1) is 10.9. The van der Waals surface area contributed by atoms with E-state index in [9.17, 15) is 4.79 Å². The van der Waals surface area contributed by atoms with E-state index in [1.165, 1.54) is 5.56 Å². The molecule has 0 fully saturated rings. The first kappa shape index (κ1) is 15.9. The van der Waals surface area contributed by atoms with E-state index in [1.807, 2.05) is 13.0 Å². The lowest BCUT2D eigenvalue weighted by molar-refractivity contribution is 0.434. The van der Waals surface area contributed by atoms with Gasteiger partial charge in [-0.1, -0.05) is 50.3 Å². The lowest BCUT2D eigenvalue weighted by Crippen LogP contribution is -2.39. The van der Waals surface area contributed by atoms with Gasteiger partial charge in [0.25, 0.3) is 5.56 Å². The van der Waals surface area contributed by atoms with E-state index in [2.05, 4.69) is 43.6 Å². The van der Waals surface area contributed by atoms with E-state index in [1.54, 1.807) is 4.57 Å². The Labute approximate surface area is 141 Å². The number of hydrogen-bond donors (Lipinski definition) is 1. The summed E-state index contributed by atoms with van der Waals surface area (Å²) in [5, 5.41) is 0. The maximum absolute atomic E-state index is 13.2. The summed E-state index contributed by atoms with van der Waals surface area (Å²) in [6, 6.07) is 8.27. The Hall–Kier alpha value is -1.94. The number of benzene rings is 1. The standard InChI is InChI=1S/C19H22N2OS/c1-5-19(4)10-13-8-6-7-9-14(13)16-15(19)17(22)21(11-12(2)3)18(23)20-16/h6-9H,2,5,10-11H2,1,3-4H3,(H,20,23)/t19-/m0/s1. The molecular weight excluding hydrogens is 304 g/mol. The van der Waals surface area contributed by atoms with Crippen LogP contribution >= 0.6 is 12.2 Å². The van der Waals surface area contributed by atoms with Crippen LogP contribution in [0.25, 0.3) is 11.3 Å². The van der Waals surface area contributed by atoms with Crippen molar-refractivity contribution in [3.8, 4) is 11.3 Å². The van der Waals surface area contributed by atoms with Crippen molar-refractivity contribution in [3.05, 3.63) is 62.7 Å². The lowest BCUT2D eigenvalue weighted by atomic mass is 9.69. The molecule has 1 aromatic carbocycles. The molecule has 1 N–H and O–H groups in total. The van der Waals surface area contributed by atoms with Gasteiger partial charge in [0, 0.05) is 23.1 Å². The van der Waals surface area contributed by atoms with Crippen LogP contribution < -0.4 is 5.56 Å². The van der Waals surface area contributed by atoms with Crippen LogP contribution in [-0.4, -0.2) is 9.55 Å². The molecule has 4 heteroatoms. The highest BCUT2D eigenvalue weighted by atomic mass is 32.1. The molecule has 0 aliphatic heterocycles. The molecule has 0 spiro atoms. The van der Waals surface area contributed by atoms with Crippen LogP contribution in [0.3, 0.4) is 0 Å². The van der Waals surface area contributed by atoms with Crippen molar-refractivity contribution < 1.29 is 0 Å². The fourth-order valence-electron chi connectivity index (χ4n) is 3.48. The number of fused-ring (bicyclic) bond motifs is 3. The van der Waals surface area contributed by atoms with E-state index >= 15 is 0 Å². The van der Waals surface area contributed by atoms with Crippen molar-refractivity contribution in [1.82, 2.24) is 9.55 Å². The fraction of sp³-hybridized carbons (Fsp3) is 0.368. The van der Waals surface area contributed by atoms with Crippen molar-refractivity contribution in [3.63, 3.8) is 0 Å². The summed E-state index contributed by atoms with van der Waals surface area (Å²) in [7, 11) is 0. The van der Waals surface area contributed by atoms with Crippen LogP contribution in [0.2, 0.25) is 0 Å². The van der Waals surface area contributed by atoms with Crippen molar-refractivity contribution in [2.24, 2.45) is 0 Å². The van der Waals surface area contributed by atoms with Gasteiger partial charge in [-0.15, -0.1) is 0 Å². The van der Waals surface area contributed by atoms with Crippen LogP contribution in [0.1, 0.15) is 38.3 Å². The number of aromatic nitrogens is 2. The topological polar surface area (TPSA) is 37.8 Å². The number of allylic oxidation sites excluding steroid dienone is 1. The largest absolute Gasteiger partial charge is 0.331 e. The summed E-state index contributed by atoms with van der Waals surface area (Å²) >= 11 is 5.45. The fourth-order valence-corrected chi connectivity index (χ4v) is 3.72. The molecular formula is C19H22N2OS. The summed E-state index contributed by atoms with van der Waals surface area (Å²) in [4.78, 5) is 16.5. The molecule has 1 aliphatic carbocycles. The molecule has 0 saturated heterocycles. The van der Waals surface area contributed by atoms with E-state index in [0.29, 0.717) is 11.3 Å². The van der Waals surface area contributed by atoms with Gasteiger partial charge in [0.1, 0.15) is 0 Å². The average molecular weight is 326 g/mol. The van der Waals surface area contributed by atoms with Crippen LogP contribution in [0.15, 0.2) is 41.2 Å². The smallest absolute Gasteiger partial charge is 0.258 e. The number of H-pyrrole nitrogens is 1. The van der Waals surface area contributed by atoms with E-state index in [0.717, 1.165) is 35.2 Å². The number of nitrogens with zero attached hydrogens (tertiary/aromatic N) is 1. The Morgan fingerprint density at radius 1 is 1.43 bits per heavy atom. The highest BCUT2D eigenvalue weighted by Crippen LogP contribution is 2.42. The minimum absolute atomic E-state index is 0.0191. The summed E-state index contributed by atoms with van der Waals surface area (Å²) in [6.07, 6.45) is 1.78. The molecule has 0 saturated carbocycles. The van der Waals surface area contributed by atoms with Crippen LogP contribution in [0.4, 0.5) is 0 Å². The SMILES string of the molecule is C=C(C)Cn1c(=S)[nH]c2c(c1=O)[C@@](C)(CC)Cc1ccccc1-2. The third kappa shape index (κ3) is 2.51.